The Morgan fingerprint density at radius 3 is 3.27 bits per heavy atom. The first-order valence-corrected chi connectivity index (χ1v) is 5.82. The van der Waals surface area contributed by atoms with Gasteiger partial charge in [0.1, 0.15) is 5.82 Å². The lowest BCUT2D eigenvalue weighted by molar-refractivity contribution is 0.660. The number of aromatic nitrogens is 2. The molecule has 0 aliphatic carbocycles. The van der Waals surface area contributed by atoms with Crippen LogP contribution in [0.1, 0.15) is 19.2 Å². The summed E-state index contributed by atoms with van der Waals surface area (Å²) in [7, 11) is 0. The molecule has 2 rings (SSSR count). The van der Waals surface area contributed by atoms with Gasteiger partial charge in [-0.3, -0.25) is 0 Å². The van der Waals surface area contributed by atoms with Crippen molar-refractivity contribution in [2.45, 2.75) is 25.3 Å². The second-order valence-corrected chi connectivity index (χ2v) is 4.34. The molecule has 0 aromatic carbocycles. The van der Waals surface area contributed by atoms with Gasteiger partial charge in [0.2, 0.25) is 0 Å². The molecule has 4 heteroatoms. The first-order chi connectivity index (χ1) is 7.31. The molecule has 82 valence electrons. The van der Waals surface area contributed by atoms with E-state index in [-0.39, 0.29) is 5.38 Å². The van der Waals surface area contributed by atoms with Gasteiger partial charge in [-0.1, -0.05) is 13.0 Å². The summed E-state index contributed by atoms with van der Waals surface area (Å²) in [6.07, 6.45) is 7.10. The first-order valence-electron chi connectivity index (χ1n) is 5.38. The second-order valence-electron chi connectivity index (χ2n) is 3.78. The molecule has 0 fully saturated rings. The van der Waals surface area contributed by atoms with Gasteiger partial charge in [0.25, 0.3) is 0 Å². The van der Waals surface area contributed by atoms with Crippen LogP contribution in [-0.4, -0.2) is 28.0 Å². The SMILES string of the molecule is CCCn1ccnc1C1=CC(Cl)CNC1. The molecule has 1 N–H and O–H groups in total. The van der Waals surface area contributed by atoms with E-state index in [0.29, 0.717) is 0 Å². The molecular weight excluding hydrogens is 210 g/mol. The van der Waals surface area contributed by atoms with Crippen LogP contribution in [0.15, 0.2) is 18.5 Å². The van der Waals surface area contributed by atoms with Gasteiger partial charge in [0.05, 0.1) is 5.38 Å². The second kappa shape index (κ2) is 4.81. The maximum atomic E-state index is 6.08. The highest BCUT2D eigenvalue weighted by Crippen LogP contribution is 2.17. The molecule has 3 nitrogen and oxygen atoms in total. The minimum absolute atomic E-state index is 0.0838. The standard InChI is InChI=1S/C11H16ClN3/c1-2-4-15-5-3-14-11(15)9-6-10(12)8-13-7-9/h3,5-6,10,13H,2,4,7-8H2,1H3. The first kappa shape index (κ1) is 10.7. The van der Waals surface area contributed by atoms with Crippen molar-refractivity contribution >= 4 is 17.2 Å². The van der Waals surface area contributed by atoms with E-state index < -0.39 is 0 Å². The number of halogens is 1. The van der Waals surface area contributed by atoms with Gasteiger partial charge in [-0.05, 0) is 6.42 Å². The largest absolute Gasteiger partial charge is 0.331 e. The van der Waals surface area contributed by atoms with Crippen molar-refractivity contribution in [2.75, 3.05) is 13.1 Å². The van der Waals surface area contributed by atoms with E-state index in [9.17, 15) is 0 Å². The van der Waals surface area contributed by atoms with Gasteiger partial charge in [-0.25, -0.2) is 4.98 Å². The summed E-state index contributed by atoms with van der Waals surface area (Å²) in [5.41, 5.74) is 1.21. The maximum Gasteiger partial charge on any atom is 0.136 e. The molecular formula is C11H16ClN3. The zero-order valence-electron chi connectivity index (χ0n) is 8.91. The fourth-order valence-electron chi connectivity index (χ4n) is 1.85. The molecule has 0 amide bonds. The summed E-state index contributed by atoms with van der Waals surface area (Å²) in [5, 5.41) is 3.37. The zero-order chi connectivity index (χ0) is 10.7. The molecule has 0 saturated heterocycles. The lowest BCUT2D eigenvalue weighted by Crippen LogP contribution is -2.29. The molecule has 0 saturated carbocycles. The molecule has 1 aromatic heterocycles. The van der Waals surface area contributed by atoms with Crippen molar-refractivity contribution in [3.8, 4) is 0 Å². The number of imidazole rings is 1. The summed E-state index contributed by atoms with van der Waals surface area (Å²) in [6, 6.07) is 0. The number of nitrogens with zero attached hydrogens (tertiary/aromatic N) is 2. The highest BCUT2D eigenvalue weighted by molar-refractivity contribution is 6.22. The van der Waals surface area contributed by atoms with Crippen LogP contribution in [0.25, 0.3) is 5.57 Å². The van der Waals surface area contributed by atoms with Gasteiger partial charge in [0.15, 0.2) is 0 Å². The number of aryl methyl sites for hydroxylation is 1. The van der Waals surface area contributed by atoms with Crippen molar-refractivity contribution in [3.63, 3.8) is 0 Å². The van der Waals surface area contributed by atoms with Crippen LogP contribution in [0.3, 0.4) is 0 Å². The number of nitrogens with one attached hydrogen (secondary N) is 1. The summed E-state index contributed by atoms with van der Waals surface area (Å²) in [4.78, 5) is 4.39. The maximum absolute atomic E-state index is 6.08. The molecule has 2 heterocycles. The van der Waals surface area contributed by atoms with E-state index in [4.69, 9.17) is 11.6 Å². The minimum Gasteiger partial charge on any atom is -0.331 e. The van der Waals surface area contributed by atoms with E-state index in [1.807, 2.05) is 12.4 Å². The molecule has 1 aliphatic heterocycles. The van der Waals surface area contributed by atoms with Crippen molar-refractivity contribution in [1.29, 1.82) is 0 Å². The zero-order valence-corrected chi connectivity index (χ0v) is 9.67. The van der Waals surface area contributed by atoms with Gasteiger partial charge >= 0.3 is 0 Å². The van der Waals surface area contributed by atoms with Crippen LogP contribution in [0.4, 0.5) is 0 Å². The highest BCUT2D eigenvalue weighted by Gasteiger charge is 2.15. The third kappa shape index (κ3) is 2.41. The Labute approximate surface area is 95.1 Å². The topological polar surface area (TPSA) is 29.9 Å². The smallest absolute Gasteiger partial charge is 0.136 e. The van der Waals surface area contributed by atoms with E-state index in [0.717, 1.165) is 31.9 Å². The number of hydrogen-bond donors (Lipinski definition) is 1. The predicted octanol–water partition coefficient (Wildman–Crippen LogP) is 1.89. The lowest BCUT2D eigenvalue weighted by Gasteiger charge is -2.18. The fourth-order valence-corrected chi connectivity index (χ4v) is 2.11. The summed E-state index contributed by atoms with van der Waals surface area (Å²) in [6.45, 7) is 4.89. The van der Waals surface area contributed by atoms with Crippen LogP contribution in [0.2, 0.25) is 0 Å². The monoisotopic (exact) mass is 225 g/mol. The molecule has 1 aromatic rings. The molecule has 0 radical (unpaired) electrons. The van der Waals surface area contributed by atoms with E-state index >= 15 is 0 Å². The third-order valence-corrected chi connectivity index (χ3v) is 2.78. The van der Waals surface area contributed by atoms with Crippen molar-refractivity contribution in [1.82, 2.24) is 14.9 Å². The van der Waals surface area contributed by atoms with Gasteiger partial charge in [-0.15, -0.1) is 11.6 Å². The van der Waals surface area contributed by atoms with Crippen LogP contribution in [0, 0.1) is 0 Å². The van der Waals surface area contributed by atoms with Crippen LogP contribution in [0.5, 0.6) is 0 Å². The van der Waals surface area contributed by atoms with Crippen molar-refractivity contribution in [2.24, 2.45) is 0 Å². The van der Waals surface area contributed by atoms with Gasteiger partial charge in [0, 0.05) is 37.6 Å². The Kier molecular flexibility index (Phi) is 3.44. The summed E-state index contributed by atoms with van der Waals surface area (Å²) >= 11 is 6.08. The van der Waals surface area contributed by atoms with E-state index in [1.54, 1.807) is 0 Å². The predicted molar refractivity (Wildman–Crippen MR) is 63.0 cm³/mol. The Balaban J connectivity index is 2.24. The highest BCUT2D eigenvalue weighted by atomic mass is 35.5. The summed E-state index contributed by atoms with van der Waals surface area (Å²) in [5.74, 6) is 1.05. The molecule has 0 bridgehead atoms. The average molecular weight is 226 g/mol. The number of alkyl halides is 1. The molecule has 1 aliphatic rings. The van der Waals surface area contributed by atoms with Crippen LogP contribution in [-0.2, 0) is 6.54 Å². The van der Waals surface area contributed by atoms with Gasteiger partial charge < -0.3 is 9.88 Å². The molecule has 1 unspecified atom stereocenters. The quantitative estimate of drug-likeness (QED) is 0.797. The fraction of sp³-hybridized carbons (Fsp3) is 0.545. The molecule has 0 spiro atoms. The summed E-state index contributed by atoms with van der Waals surface area (Å²) < 4.78 is 2.18. The number of hydrogen-bond acceptors (Lipinski definition) is 2. The van der Waals surface area contributed by atoms with E-state index in [2.05, 4.69) is 27.9 Å². The Hall–Kier alpha value is -0.800. The van der Waals surface area contributed by atoms with Crippen molar-refractivity contribution in [3.05, 3.63) is 24.3 Å². The normalized spacial score (nSPS) is 21.5. The average Bonchev–Trinajstić information content (AvgIpc) is 2.66. The Morgan fingerprint density at radius 1 is 1.67 bits per heavy atom. The van der Waals surface area contributed by atoms with Crippen molar-refractivity contribution < 1.29 is 0 Å². The third-order valence-electron chi connectivity index (χ3n) is 2.50. The molecule has 15 heavy (non-hydrogen) atoms. The van der Waals surface area contributed by atoms with Crippen LogP contribution >= 0.6 is 11.6 Å². The Bertz CT molecular complexity index is 356. The lowest BCUT2D eigenvalue weighted by atomic mass is 10.1. The van der Waals surface area contributed by atoms with Crippen LogP contribution < -0.4 is 5.32 Å². The Morgan fingerprint density at radius 2 is 2.53 bits per heavy atom. The molecule has 1 atom stereocenters. The number of rotatable bonds is 3. The van der Waals surface area contributed by atoms with Gasteiger partial charge in [-0.2, -0.15) is 0 Å². The van der Waals surface area contributed by atoms with E-state index in [1.165, 1.54) is 5.57 Å². The minimum atomic E-state index is 0.0838.